The first-order valence-corrected chi connectivity index (χ1v) is 9.45. The molecule has 2 aliphatic rings. The summed E-state index contributed by atoms with van der Waals surface area (Å²) in [6.07, 6.45) is 5.07. The molecule has 0 spiro atoms. The van der Waals surface area contributed by atoms with Crippen LogP contribution in [0.5, 0.6) is 0 Å². The molecule has 2 atom stereocenters. The molecule has 0 aliphatic carbocycles. The number of aliphatic hydroxyl groups is 1. The highest BCUT2D eigenvalue weighted by atomic mass is 16.3. The largest absolute Gasteiger partial charge is 0.393 e. The molecule has 0 aromatic rings. The van der Waals surface area contributed by atoms with Crippen molar-refractivity contribution in [3.05, 3.63) is 0 Å². The van der Waals surface area contributed by atoms with E-state index in [9.17, 15) is 14.7 Å². The number of aliphatic hydroxyl groups excluding tert-OH is 1. The van der Waals surface area contributed by atoms with Crippen molar-refractivity contribution < 1.29 is 14.7 Å². The van der Waals surface area contributed by atoms with Gasteiger partial charge in [0.2, 0.25) is 11.8 Å². The molecule has 6 heteroatoms. The minimum absolute atomic E-state index is 0.0677. The lowest BCUT2D eigenvalue weighted by Crippen LogP contribution is -2.51. The van der Waals surface area contributed by atoms with Crippen LogP contribution >= 0.6 is 0 Å². The summed E-state index contributed by atoms with van der Waals surface area (Å²) >= 11 is 0. The maximum Gasteiger partial charge on any atom is 0.226 e. The highest BCUT2D eigenvalue weighted by Crippen LogP contribution is 2.26. The van der Waals surface area contributed by atoms with E-state index in [1.54, 1.807) is 0 Å². The predicted molar refractivity (Wildman–Crippen MR) is 93.5 cm³/mol. The van der Waals surface area contributed by atoms with Crippen molar-refractivity contribution in [2.45, 2.75) is 64.0 Å². The monoisotopic (exact) mass is 339 g/mol. The number of piperidine rings is 2. The Hall–Kier alpha value is -1.14. The van der Waals surface area contributed by atoms with Gasteiger partial charge in [0.1, 0.15) is 0 Å². The molecular formula is C18H33N3O3. The van der Waals surface area contributed by atoms with E-state index in [2.05, 4.69) is 17.3 Å². The predicted octanol–water partition coefficient (Wildman–Crippen LogP) is 0.987. The number of hydrogen-bond acceptors (Lipinski definition) is 4. The molecule has 138 valence electrons. The smallest absolute Gasteiger partial charge is 0.226 e. The van der Waals surface area contributed by atoms with Crippen LogP contribution in [0.3, 0.4) is 0 Å². The molecule has 24 heavy (non-hydrogen) atoms. The van der Waals surface area contributed by atoms with Crippen LogP contribution in [-0.2, 0) is 9.59 Å². The number of carbonyl (C=O) groups is 2. The molecule has 2 rings (SSSR count). The van der Waals surface area contributed by atoms with Crippen LogP contribution in [0.25, 0.3) is 0 Å². The summed E-state index contributed by atoms with van der Waals surface area (Å²) in [6, 6.07) is 0.347. The molecule has 2 heterocycles. The topological polar surface area (TPSA) is 72.9 Å². The summed E-state index contributed by atoms with van der Waals surface area (Å²) in [7, 11) is 2.12. The Kier molecular flexibility index (Phi) is 7.49. The van der Waals surface area contributed by atoms with Gasteiger partial charge in [-0.2, -0.15) is 0 Å². The van der Waals surface area contributed by atoms with Gasteiger partial charge in [-0.1, -0.05) is 6.92 Å². The zero-order valence-electron chi connectivity index (χ0n) is 15.2. The van der Waals surface area contributed by atoms with Gasteiger partial charge >= 0.3 is 0 Å². The first-order chi connectivity index (χ1) is 11.5. The van der Waals surface area contributed by atoms with Crippen molar-refractivity contribution in [1.29, 1.82) is 0 Å². The van der Waals surface area contributed by atoms with Gasteiger partial charge in [0.05, 0.1) is 6.10 Å². The SMILES string of the molecule is CC[C@@H](O)CCNC(=O)CC1CCCN(C2CCN(C)CC2)C1=O. The van der Waals surface area contributed by atoms with Crippen molar-refractivity contribution in [3.8, 4) is 0 Å². The summed E-state index contributed by atoms with van der Waals surface area (Å²) in [4.78, 5) is 29.2. The maximum atomic E-state index is 12.8. The van der Waals surface area contributed by atoms with Crippen molar-refractivity contribution >= 4 is 11.8 Å². The molecule has 2 saturated heterocycles. The van der Waals surface area contributed by atoms with E-state index in [1.807, 2.05) is 11.8 Å². The zero-order chi connectivity index (χ0) is 17.5. The normalized spacial score (nSPS) is 24.9. The van der Waals surface area contributed by atoms with Crippen LogP contribution in [0, 0.1) is 5.92 Å². The molecular weight excluding hydrogens is 306 g/mol. The molecule has 0 aromatic heterocycles. The van der Waals surface area contributed by atoms with Crippen LogP contribution in [0.1, 0.15) is 51.9 Å². The Labute approximate surface area is 145 Å². The summed E-state index contributed by atoms with van der Waals surface area (Å²) in [5.41, 5.74) is 0. The Balaban J connectivity index is 1.78. The lowest BCUT2D eigenvalue weighted by atomic mass is 9.90. The average Bonchev–Trinajstić information content (AvgIpc) is 2.57. The number of rotatable bonds is 7. The molecule has 2 N–H and O–H groups in total. The van der Waals surface area contributed by atoms with Crippen molar-refractivity contribution in [2.24, 2.45) is 5.92 Å². The van der Waals surface area contributed by atoms with E-state index >= 15 is 0 Å². The number of hydrogen-bond donors (Lipinski definition) is 2. The molecule has 2 aliphatic heterocycles. The fourth-order valence-electron chi connectivity index (χ4n) is 3.71. The van der Waals surface area contributed by atoms with E-state index in [0.717, 1.165) is 45.3 Å². The fourth-order valence-corrected chi connectivity index (χ4v) is 3.71. The Morgan fingerprint density at radius 3 is 2.67 bits per heavy atom. The number of nitrogens with zero attached hydrogens (tertiary/aromatic N) is 2. The van der Waals surface area contributed by atoms with E-state index < -0.39 is 0 Å². The molecule has 0 bridgehead atoms. The van der Waals surface area contributed by atoms with Gasteiger partial charge in [0, 0.05) is 31.5 Å². The molecule has 2 amide bonds. The van der Waals surface area contributed by atoms with Crippen LogP contribution in [0.2, 0.25) is 0 Å². The molecule has 2 fully saturated rings. The van der Waals surface area contributed by atoms with Crippen molar-refractivity contribution in [3.63, 3.8) is 0 Å². The maximum absolute atomic E-state index is 12.8. The second kappa shape index (κ2) is 9.37. The number of carbonyl (C=O) groups excluding carboxylic acids is 2. The van der Waals surface area contributed by atoms with Gasteiger partial charge in [-0.25, -0.2) is 0 Å². The molecule has 0 saturated carbocycles. The second-order valence-corrected chi connectivity index (χ2v) is 7.31. The Morgan fingerprint density at radius 2 is 2.00 bits per heavy atom. The third kappa shape index (κ3) is 5.45. The van der Waals surface area contributed by atoms with Gasteiger partial charge in [-0.05, 0) is 58.7 Å². The van der Waals surface area contributed by atoms with Gasteiger partial charge in [-0.3, -0.25) is 9.59 Å². The zero-order valence-corrected chi connectivity index (χ0v) is 15.2. The first-order valence-electron chi connectivity index (χ1n) is 9.45. The van der Waals surface area contributed by atoms with Crippen LogP contribution in [0.4, 0.5) is 0 Å². The minimum Gasteiger partial charge on any atom is -0.393 e. The fraction of sp³-hybridized carbons (Fsp3) is 0.889. The van der Waals surface area contributed by atoms with Crippen LogP contribution in [-0.4, -0.2) is 72.1 Å². The van der Waals surface area contributed by atoms with E-state index in [1.165, 1.54) is 0 Å². The lowest BCUT2D eigenvalue weighted by molar-refractivity contribution is -0.144. The summed E-state index contributed by atoms with van der Waals surface area (Å²) in [5, 5.41) is 12.4. The van der Waals surface area contributed by atoms with Crippen molar-refractivity contribution in [2.75, 3.05) is 33.2 Å². The Morgan fingerprint density at radius 1 is 1.29 bits per heavy atom. The number of likely N-dealkylation sites (tertiary alicyclic amines) is 2. The van der Waals surface area contributed by atoms with E-state index in [0.29, 0.717) is 25.4 Å². The third-order valence-corrected chi connectivity index (χ3v) is 5.42. The van der Waals surface area contributed by atoms with Gasteiger partial charge < -0.3 is 20.2 Å². The van der Waals surface area contributed by atoms with E-state index in [4.69, 9.17) is 0 Å². The first kappa shape index (κ1) is 19.2. The quantitative estimate of drug-likeness (QED) is 0.725. The van der Waals surface area contributed by atoms with Crippen molar-refractivity contribution in [1.82, 2.24) is 15.1 Å². The van der Waals surface area contributed by atoms with Crippen LogP contribution < -0.4 is 5.32 Å². The summed E-state index contributed by atoms with van der Waals surface area (Å²) in [6.45, 7) is 5.32. The molecule has 0 radical (unpaired) electrons. The van der Waals surface area contributed by atoms with E-state index in [-0.39, 0.29) is 30.3 Å². The Bertz CT molecular complexity index is 422. The van der Waals surface area contributed by atoms with Crippen LogP contribution in [0.15, 0.2) is 0 Å². The second-order valence-electron chi connectivity index (χ2n) is 7.31. The molecule has 6 nitrogen and oxygen atoms in total. The van der Waals surface area contributed by atoms with Gasteiger partial charge in [-0.15, -0.1) is 0 Å². The highest BCUT2D eigenvalue weighted by molar-refractivity contribution is 5.86. The molecule has 0 aromatic carbocycles. The molecule has 1 unspecified atom stereocenters. The third-order valence-electron chi connectivity index (χ3n) is 5.42. The lowest BCUT2D eigenvalue weighted by Gasteiger charge is -2.41. The van der Waals surface area contributed by atoms with Gasteiger partial charge in [0.25, 0.3) is 0 Å². The highest BCUT2D eigenvalue weighted by Gasteiger charge is 2.35. The average molecular weight is 339 g/mol. The minimum atomic E-state index is -0.360. The number of amides is 2. The standard InChI is InChI=1S/C18H33N3O3/c1-3-16(22)6-9-19-17(23)13-14-5-4-10-21(18(14)24)15-7-11-20(2)12-8-15/h14-16,22H,3-13H2,1-2H3,(H,19,23)/t14?,16-/m1/s1. The summed E-state index contributed by atoms with van der Waals surface area (Å²) < 4.78 is 0. The number of nitrogens with one attached hydrogen (secondary N) is 1. The summed E-state index contributed by atoms with van der Waals surface area (Å²) in [5.74, 6) is -0.0732. The van der Waals surface area contributed by atoms with Gasteiger partial charge in [0.15, 0.2) is 0 Å².